The lowest BCUT2D eigenvalue weighted by molar-refractivity contribution is -0.136. The quantitative estimate of drug-likeness (QED) is 0.486. The highest BCUT2D eigenvalue weighted by molar-refractivity contribution is 6.30. The number of carbonyl (C=O) groups is 4. The normalized spacial score (nSPS) is 26.5. The minimum absolute atomic E-state index is 0.0447. The number of rotatable bonds is 5. The van der Waals surface area contributed by atoms with Gasteiger partial charge in [-0.05, 0) is 78.5 Å². The summed E-state index contributed by atoms with van der Waals surface area (Å²) in [6, 6.07) is 10.4. The number of piperidine rings is 2. The molecule has 3 atom stereocenters. The van der Waals surface area contributed by atoms with Crippen LogP contribution in [0.4, 0.5) is 4.39 Å². The Hall–Kier alpha value is -3.56. The van der Waals surface area contributed by atoms with Crippen LogP contribution >= 0.6 is 11.6 Å². The van der Waals surface area contributed by atoms with Crippen LogP contribution in [0, 0.1) is 11.2 Å². The summed E-state index contributed by atoms with van der Waals surface area (Å²) in [5.74, 6) is -2.45. The Bertz CT molecular complexity index is 1610. The summed E-state index contributed by atoms with van der Waals surface area (Å²) in [6.07, 6.45) is 4.56. The van der Waals surface area contributed by atoms with Crippen molar-refractivity contribution >= 4 is 40.8 Å². The Morgan fingerprint density at radius 1 is 1.07 bits per heavy atom. The van der Waals surface area contributed by atoms with Crippen LogP contribution in [0.5, 0.6) is 0 Å². The minimum Gasteiger partial charge on any atom is -0.335 e. The number of benzene rings is 2. The number of halogens is 2. The Kier molecular flexibility index (Phi) is 7.16. The van der Waals surface area contributed by atoms with Crippen molar-refractivity contribution in [3.63, 3.8) is 0 Å². The highest BCUT2D eigenvalue weighted by Gasteiger charge is 2.47. The molecule has 6 aliphatic rings. The number of amides is 4. The fraction of sp³-hybridized carbons (Fsp3) is 0.471. The lowest BCUT2D eigenvalue weighted by atomic mass is 9.72. The van der Waals surface area contributed by atoms with Crippen molar-refractivity contribution in [3.05, 3.63) is 75.1 Å². The Morgan fingerprint density at radius 2 is 1.80 bits per heavy atom. The van der Waals surface area contributed by atoms with E-state index in [-0.39, 0.29) is 59.8 Å². The average molecular weight is 619 g/mol. The first-order chi connectivity index (χ1) is 21.0. The van der Waals surface area contributed by atoms with Crippen molar-refractivity contribution in [2.45, 2.75) is 77.0 Å². The monoisotopic (exact) mass is 618 g/mol. The fourth-order valence-corrected chi connectivity index (χ4v) is 7.84. The second kappa shape index (κ2) is 10.8. The Morgan fingerprint density at radius 3 is 2.50 bits per heavy atom. The third kappa shape index (κ3) is 5.13. The molecule has 2 aromatic rings. The predicted molar refractivity (Wildman–Crippen MR) is 163 cm³/mol. The minimum atomic E-state index is -0.791. The maximum atomic E-state index is 15.3. The summed E-state index contributed by atoms with van der Waals surface area (Å²) >= 11 is 6.18. The zero-order chi connectivity index (χ0) is 30.9. The van der Waals surface area contributed by atoms with Crippen molar-refractivity contribution < 1.29 is 23.6 Å². The second-order valence-corrected chi connectivity index (χ2v) is 14.2. The van der Waals surface area contributed by atoms with Crippen molar-refractivity contribution in [2.75, 3.05) is 19.6 Å². The van der Waals surface area contributed by atoms with Gasteiger partial charge in [0.15, 0.2) is 0 Å². The number of nitrogens with one attached hydrogen (secondary N) is 1. The molecule has 5 heterocycles. The van der Waals surface area contributed by atoms with Gasteiger partial charge in [0.1, 0.15) is 11.9 Å². The number of hydrogen-bond acceptors (Lipinski definition) is 5. The molecule has 4 fully saturated rings. The average Bonchev–Trinajstić information content (AvgIpc) is 3.30. The SMILES string of the molecule is CC1(C)CCC(CN2C3CC2CN(C(=O)c2cc4c(cc2F)C(=O)N(C2CCC(=O)NC2=O)C4)C3)=C(c2ccc(Cl)cc2)C1. The topological polar surface area (TPSA) is 90.0 Å². The standard InChI is InChI=1S/C34H36ClFN4O4/c1-34(2)10-9-20(27(14-34)19-3-5-22(35)6-4-19)15-39-23-12-24(39)18-38(17-23)32(43)26-11-21-16-40(33(44)25(21)13-28(26)36)29-7-8-30(41)37-31(29)42/h3-6,11,13,23-24,29H,7-10,12,14-18H2,1-2H3,(H,37,41,42). The van der Waals surface area contributed by atoms with Gasteiger partial charge in [0.25, 0.3) is 11.8 Å². The van der Waals surface area contributed by atoms with Crippen LogP contribution in [-0.4, -0.2) is 76.1 Å². The van der Waals surface area contributed by atoms with E-state index in [2.05, 4.69) is 36.2 Å². The molecule has 0 saturated carbocycles. The molecule has 10 heteroatoms. The van der Waals surface area contributed by atoms with Crippen LogP contribution in [-0.2, 0) is 16.1 Å². The summed E-state index contributed by atoms with van der Waals surface area (Å²) in [5.41, 5.74) is 4.95. The number of nitrogens with zero attached hydrogens (tertiary/aromatic N) is 3. The van der Waals surface area contributed by atoms with Crippen molar-refractivity contribution in [1.82, 2.24) is 20.0 Å². The van der Waals surface area contributed by atoms with E-state index in [1.165, 1.54) is 27.7 Å². The van der Waals surface area contributed by atoms with E-state index in [0.29, 0.717) is 18.7 Å². The molecule has 230 valence electrons. The lowest BCUT2D eigenvalue weighted by Gasteiger charge is -2.57. The summed E-state index contributed by atoms with van der Waals surface area (Å²) < 4.78 is 15.3. The van der Waals surface area contributed by atoms with Crippen LogP contribution in [0.25, 0.3) is 5.57 Å². The summed E-state index contributed by atoms with van der Waals surface area (Å²) in [6.45, 7) is 6.67. The van der Waals surface area contributed by atoms with Gasteiger partial charge in [-0.3, -0.25) is 29.4 Å². The Labute approximate surface area is 261 Å². The van der Waals surface area contributed by atoms with Crippen LogP contribution in [0.3, 0.4) is 0 Å². The van der Waals surface area contributed by atoms with Gasteiger partial charge in [-0.25, -0.2) is 4.39 Å². The predicted octanol–water partition coefficient (Wildman–Crippen LogP) is 4.80. The summed E-state index contributed by atoms with van der Waals surface area (Å²) in [7, 11) is 0. The van der Waals surface area contributed by atoms with Crippen LogP contribution in [0.15, 0.2) is 42.0 Å². The first kappa shape index (κ1) is 29.2. The van der Waals surface area contributed by atoms with Gasteiger partial charge in [0.2, 0.25) is 11.8 Å². The molecule has 1 aliphatic carbocycles. The first-order valence-electron chi connectivity index (χ1n) is 15.5. The van der Waals surface area contributed by atoms with E-state index in [1.807, 2.05) is 12.1 Å². The van der Waals surface area contributed by atoms with E-state index in [9.17, 15) is 19.2 Å². The zero-order valence-corrected chi connectivity index (χ0v) is 25.8. The van der Waals surface area contributed by atoms with Crippen molar-refractivity contribution in [1.29, 1.82) is 0 Å². The molecule has 8 rings (SSSR count). The van der Waals surface area contributed by atoms with Gasteiger partial charge in [-0.15, -0.1) is 0 Å². The smallest absolute Gasteiger partial charge is 0.256 e. The highest BCUT2D eigenvalue weighted by atomic mass is 35.5. The van der Waals surface area contributed by atoms with Gasteiger partial charge >= 0.3 is 0 Å². The van der Waals surface area contributed by atoms with Crippen molar-refractivity contribution in [2.24, 2.45) is 5.41 Å². The molecule has 4 amide bonds. The molecule has 2 bridgehead atoms. The molecule has 4 saturated heterocycles. The van der Waals surface area contributed by atoms with Gasteiger partial charge in [0.05, 0.1) is 5.56 Å². The number of allylic oxidation sites excluding steroid dienone is 1. The molecule has 0 aromatic heterocycles. The van der Waals surface area contributed by atoms with E-state index >= 15 is 4.39 Å². The van der Waals surface area contributed by atoms with E-state index in [4.69, 9.17) is 11.6 Å². The van der Waals surface area contributed by atoms with Gasteiger partial charge in [0, 0.05) is 55.3 Å². The zero-order valence-electron chi connectivity index (χ0n) is 25.0. The maximum Gasteiger partial charge on any atom is 0.256 e. The molecule has 5 aliphatic heterocycles. The highest BCUT2D eigenvalue weighted by Crippen LogP contribution is 2.45. The Balaban J connectivity index is 1.05. The molecule has 0 spiro atoms. The number of fused-ring (bicyclic) bond motifs is 3. The number of imide groups is 1. The van der Waals surface area contributed by atoms with E-state index in [0.717, 1.165) is 43.3 Å². The van der Waals surface area contributed by atoms with Gasteiger partial charge in [-0.2, -0.15) is 0 Å². The first-order valence-corrected chi connectivity index (χ1v) is 15.8. The third-order valence-electron chi connectivity index (χ3n) is 10.2. The van der Waals surface area contributed by atoms with E-state index in [1.54, 1.807) is 4.90 Å². The van der Waals surface area contributed by atoms with Crippen LogP contribution < -0.4 is 5.32 Å². The molecule has 1 N–H and O–H groups in total. The van der Waals surface area contributed by atoms with Crippen LogP contribution in [0.1, 0.15) is 84.2 Å². The molecular formula is C34H36ClFN4O4. The molecule has 3 unspecified atom stereocenters. The molecular weight excluding hydrogens is 583 g/mol. The number of piperazine rings is 1. The van der Waals surface area contributed by atoms with Gasteiger partial charge in [-0.1, -0.05) is 43.2 Å². The second-order valence-electron chi connectivity index (χ2n) is 13.7. The molecule has 44 heavy (non-hydrogen) atoms. The fourth-order valence-electron chi connectivity index (χ4n) is 7.72. The summed E-state index contributed by atoms with van der Waals surface area (Å²) in [4.78, 5) is 56.2. The van der Waals surface area contributed by atoms with Crippen LogP contribution in [0.2, 0.25) is 5.02 Å². The molecule has 8 nitrogen and oxygen atoms in total. The summed E-state index contributed by atoms with van der Waals surface area (Å²) in [5, 5.41) is 3.00. The largest absolute Gasteiger partial charge is 0.335 e. The number of carbonyl (C=O) groups excluding carboxylic acids is 4. The third-order valence-corrected chi connectivity index (χ3v) is 10.5. The molecule has 2 aromatic carbocycles. The van der Waals surface area contributed by atoms with Gasteiger partial charge < -0.3 is 9.80 Å². The van der Waals surface area contributed by atoms with E-state index < -0.39 is 23.7 Å². The van der Waals surface area contributed by atoms with Crippen molar-refractivity contribution in [3.8, 4) is 0 Å². The lowest BCUT2D eigenvalue weighted by Crippen LogP contribution is -2.69. The molecule has 0 radical (unpaired) electrons. The number of hydrogen-bond donors (Lipinski definition) is 1. The maximum absolute atomic E-state index is 15.3.